The van der Waals surface area contributed by atoms with E-state index in [1.807, 2.05) is 6.92 Å². The minimum absolute atomic E-state index is 0.283. The highest BCUT2D eigenvalue weighted by Crippen LogP contribution is 1.90. The predicted octanol–water partition coefficient (Wildman–Crippen LogP) is -1.19. The van der Waals surface area contributed by atoms with Crippen LogP contribution in [0.1, 0.15) is 13.3 Å². The van der Waals surface area contributed by atoms with Crippen LogP contribution in [0.4, 0.5) is 0 Å². The Morgan fingerprint density at radius 1 is 1.62 bits per heavy atom. The Morgan fingerprint density at radius 3 is 2.69 bits per heavy atom. The minimum Gasteiger partial charge on any atom is -0.385 e. The quantitative estimate of drug-likeness (QED) is 0.470. The van der Waals surface area contributed by atoms with E-state index in [0.717, 1.165) is 6.42 Å². The van der Waals surface area contributed by atoms with Crippen molar-refractivity contribution in [2.45, 2.75) is 25.4 Å². The summed E-state index contributed by atoms with van der Waals surface area (Å²) >= 11 is 0. The maximum absolute atomic E-state index is 10.6. The van der Waals surface area contributed by atoms with Crippen molar-refractivity contribution in [1.82, 2.24) is 5.32 Å². The van der Waals surface area contributed by atoms with Crippen LogP contribution in [0.25, 0.3) is 0 Å². The fraction of sp³-hybridized carbons (Fsp3) is 0.875. The largest absolute Gasteiger partial charge is 0.385 e. The molecule has 5 nitrogen and oxygen atoms in total. The molecule has 1 amide bonds. The summed E-state index contributed by atoms with van der Waals surface area (Å²) in [5.74, 6) is -0.480. The van der Waals surface area contributed by atoms with Crippen LogP contribution in [0.3, 0.4) is 0 Å². The van der Waals surface area contributed by atoms with Gasteiger partial charge in [-0.1, -0.05) is 0 Å². The molecule has 0 bridgehead atoms. The highest BCUT2D eigenvalue weighted by atomic mass is 16.5. The van der Waals surface area contributed by atoms with Gasteiger partial charge < -0.3 is 21.5 Å². The summed E-state index contributed by atoms with van der Waals surface area (Å²) in [6, 6.07) is -0.324. The van der Waals surface area contributed by atoms with Gasteiger partial charge in [-0.2, -0.15) is 0 Å². The first kappa shape index (κ1) is 12.3. The van der Waals surface area contributed by atoms with Crippen LogP contribution in [0.15, 0.2) is 0 Å². The van der Waals surface area contributed by atoms with Crippen molar-refractivity contribution in [3.05, 3.63) is 0 Å². The number of nitrogens with one attached hydrogen (secondary N) is 1. The summed E-state index contributed by atoms with van der Waals surface area (Å²) in [7, 11) is 1.65. The van der Waals surface area contributed by atoms with Crippen molar-refractivity contribution < 1.29 is 9.53 Å². The molecule has 13 heavy (non-hydrogen) atoms. The van der Waals surface area contributed by atoms with Crippen molar-refractivity contribution in [1.29, 1.82) is 0 Å². The highest BCUT2D eigenvalue weighted by Gasteiger charge is 2.09. The average Bonchev–Trinajstić information content (AvgIpc) is 2.10. The number of nitrogens with two attached hydrogens (primary N) is 2. The lowest BCUT2D eigenvalue weighted by molar-refractivity contribution is -0.119. The molecule has 0 aromatic carbocycles. The fourth-order valence-electron chi connectivity index (χ4n) is 0.825. The van der Waals surface area contributed by atoms with Crippen LogP contribution < -0.4 is 16.8 Å². The first-order chi connectivity index (χ1) is 6.07. The Morgan fingerprint density at radius 2 is 2.23 bits per heavy atom. The van der Waals surface area contributed by atoms with E-state index in [9.17, 15) is 4.79 Å². The number of rotatable bonds is 7. The molecule has 2 unspecified atom stereocenters. The molecule has 0 saturated carbocycles. The maximum Gasteiger partial charge on any atom is 0.235 e. The molecule has 5 heteroatoms. The normalized spacial score (nSPS) is 15.3. The molecule has 0 aliphatic rings. The molecule has 0 heterocycles. The summed E-state index contributed by atoms with van der Waals surface area (Å²) in [6.07, 6.45) is 0.891. The molecule has 0 saturated heterocycles. The molecule has 5 N–H and O–H groups in total. The van der Waals surface area contributed by atoms with Crippen LogP contribution in [0.5, 0.6) is 0 Å². The Bertz CT molecular complexity index is 152. The van der Waals surface area contributed by atoms with E-state index in [2.05, 4.69) is 5.32 Å². The van der Waals surface area contributed by atoms with Crippen LogP contribution in [-0.2, 0) is 9.53 Å². The molecule has 0 aromatic heterocycles. The highest BCUT2D eigenvalue weighted by molar-refractivity contribution is 5.79. The van der Waals surface area contributed by atoms with Crippen molar-refractivity contribution in [3.63, 3.8) is 0 Å². The number of methoxy groups -OCH3 is 1. The second-order valence-corrected chi connectivity index (χ2v) is 3.10. The Labute approximate surface area is 78.8 Å². The van der Waals surface area contributed by atoms with Gasteiger partial charge in [-0.3, -0.25) is 4.79 Å². The number of hydrogen-bond acceptors (Lipinski definition) is 4. The number of amides is 1. The standard InChI is InChI=1S/C8H19N3O2/c1-6(3-4-13-2)11-5-7(9)8(10)12/h6-7,11H,3-5,9H2,1-2H3,(H2,10,12). The minimum atomic E-state index is -0.606. The smallest absolute Gasteiger partial charge is 0.235 e. The van der Waals surface area contributed by atoms with Gasteiger partial charge in [0.15, 0.2) is 0 Å². The van der Waals surface area contributed by atoms with Gasteiger partial charge in [0.1, 0.15) is 0 Å². The van der Waals surface area contributed by atoms with Crippen molar-refractivity contribution >= 4 is 5.91 Å². The number of carbonyl (C=O) groups excluding carboxylic acids is 1. The fourth-order valence-corrected chi connectivity index (χ4v) is 0.825. The molecule has 0 rings (SSSR count). The average molecular weight is 189 g/mol. The monoisotopic (exact) mass is 189 g/mol. The topological polar surface area (TPSA) is 90.4 Å². The van der Waals surface area contributed by atoms with Gasteiger partial charge in [0.2, 0.25) is 5.91 Å². The molecule has 0 aromatic rings. The second-order valence-electron chi connectivity index (χ2n) is 3.10. The van der Waals surface area contributed by atoms with E-state index in [0.29, 0.717) is 13.2 Å². The SMILES string of the molecule is COCCC(C)NCC(N)C(N)=O. The first-order valence-electron chi connectivity index (χ1n) is 4.35. The molecular weight excluding hydrogens is 170 g/mol. The van der Waals surface area contributed by atoms with E-state index in [1.54, 1.807) is 7.11 Å². The maximum atomic E-state index is 10.6. The van der Waals surface area contributed by atoms with E-state index in [1.165, 1.54) is 0 Å². The van der Waals surface area contributed by atoms with Crippen LogP contribution in [0.2, 0.25) is 0 Å². The lowest BCUT2D eigenvalue weighted by atomic mass is 10.2. The number of hydrogen-bond donors (Lipinski definition) is 3. The van der Waals surface area contributed by atoms with Gasteiger partial charge in [-0.25, -0.2) is 0 Å². The predicted molar refractivity (Wildman–Crippen MR) is 51.1 cm³/mol. The van der Waals surface area contributed by atoms with E-state index >= 15 is 0 Å². The zero-order valence-corrected chi connectivity index (χ0v) is 8.25. The molecule has 0 fully saturated rings. The van der Waals surface area contributed by atoms with Gasteiger partial charge in [-0.15, -0.1) is 0 Å². The molecule has 0 radical (unpaired) electrons. The van der Waals surface area contributed by atoms with Crippen LogP contribution in [0, 0.1) is 0 Å². The van der Waals surface area contributed by atoms with Gasteiger partial charge in [0.25, 0.3) is 0 Å². The van der Waals surface area contributed by atoms with E-state index < -0.39 is 11.9 Å². The third kappa shape index (κ3) is 6.51. The molecule has 0 spiro atoms. The first-order valence-corrected chi connectivity index (χ1v) is 4.35. The van der Waals surface area contributed by atoms with Crippen molar-refractivity contribution in [3.8, 4) is 0 Å². The summed E-state index contributed by atoms with van der Waals surface area (Å²) in [4.78, 5) is 10.6. The third-order valence-corrected chi connectivity index (χ3v) is 1.81. The summed E-state index contributed by atoms with van der Waals surface area (Å²) < 4.78 is 4.90. The molecule has 0 aliphatic heterocycles. The van der Waals surface area contributed by atoms with Crippen LogP contribution >= 0.6 is 0 Å². The lowest BCUT2D eigenvalue weighted by Crippen LogP contribution is -2.46. The second kappa shape index (κ2) is 6.82. The molecule has 2 atom stereocenters. The molecular formula is C8H19N3O2. The number of carbonyl (C=O) groups is 1. The zero-order chi connectivity index (χ0) is 10.3. The molecule has 78 valence electrons. The summed E-state index contributed by atoms with van der Waals surface area (Å²) in [6.45, 7) is 3.12. The number of primary amides is 1. The molecule has 0 aliphatic carbocycles. The van der Waals surface area contributed by atoms with Gasteiger partial charge in [0, 0.05) is 26.3 Å². The van der Waals surface area contributed by atoms with E-state index in [-0.39, 0.29) is 6.04 Å². The van der Waals surface area contributed by atoms with Crippen molar-refractivity contribution in [2.24, 2.45) is 11.5 Å². The third-order valence-electron chi connectivity index (χ3n) is 1.81. The Kier molecular flexibility index (Phi) is 6.48. The number of ether oxygens (including phenoxy) is 1. The lowest BCUT2D eigenvalue weighted by Gasteiger charge is -2.15. The summed E-state index contributed by atoms with van der Waals surface area (Å²) in [5, 5.41) is 3.09. The van der Waals surface area contributed by atoms with E-state index in [4.69, 9.17) is 16.2 Å². The van der Waals surface area contributed by atoms with Gasteiger partial charge in [0.05, 0.1) is 6.04 Å². The van der Waals surface area contributed by atoms with Crippen molar-refractivity contribution in [2.75, 3.05) is 20.3 Å². The summed E-state index contributed by atoms with van der Waals surface area (Å²) in [5.41, 5.74) is 10.4. The van der Waals surface area contributed by atoms with Gasteiger partial charge in [-0.05, 0) is 13.3 Å². The van der Waals surface area contributed by atoms with Crippen LogP contribution in [-0.4, -0.2) is 38.3 Å². The Balaban J connectivity index is 3.45. The zero-order valence-electron chi connectivity index (χ0n) is 8.25. The Hall–Kier alpha value is -0.650. The van der Waals surface area contributed by atoms with Gasteiger partial charge >= 0.3 is 0 Å².